The summed E-state index contributed by atoms with van der Waals surface area (Å²) in [5, 5.41) is 5.20. The van der Waals surface area contributed by atoms with Crippen LogP contribution in [0.25, 0.3) is 66.5 Å². The van der Waals surface area contributed by atoms with Gasteiger partial charge in [0.05, 0.1) is 28.2 Å². The molecule has 4 aliphatic heterocycles. The van der Waals surface area contributed by atoms with E-state index in [9.17, 15) is 0 Å². The van der Waals surface area contributed by atoms with Crippen molar-refractivity contribution in [3.8, 4) is 34.4 Å². The Morgan fingerprint density at radius 2 is 1.31 bits per heavy atom. The summed E-state index contributed by atoms with van der Waals surface area (Å²) in [6, 6.07) is 36.6. The molecular formula is C43H34N4O+2. The number of aromatic nitrogens is 4. The average molecular weight is 623 g/mol. The van der Waals surface area contributed by atoms with E-state index in [1.165, 1.54) is 88.8 Å². The molecule has 0 fully saturated rings. The van der Waals surface area contributed by atoms with Crippen molar-refractivity contribution in [3.05, 3.63) is 119 Å². The van der Waals surface area contributed by atoms with Crippen LogP contribution in [0.4, 0.5) is 0 Å². The van der Waals surface area contributed by atoms with Crippen LogP contribution in [0.3, 0.4) is 0 Å². The molecule has 1 spiro atoms. The van der Waals surface area contributed by atoms with E-state index in [0.717, 1.165) is 11.6 Å². The van der Waals surface area contributed by atoms with Crippen LogP contribution < -0.4 is 13.9 Å². The van der Waals surface area contributed by atoms with Gasteiger partial charge in [0.15, 0.2) is 11.4 Å². The maximum absolute atomic E-state index is 7.09. The summed E-state index contributed by atoms with van der Waals surface area (Å²) in [5.74, 6) is 1.82. The number of pyridine rings is 2. The normalized spacial score (nSPS) is 17.6. The molecule has 12 rings (SSSR count). The molecule has 48 heavy (non-hydrogen) atoms. The number of para-hydroxylation sites is 2. The average Bonchev–Trinajstić information content (AvgIpc) is 3.68. The minimum Gasteiger partial charge on any atom is -0.404 e. The van der Waals surface area contributed by atoms with Crippen LogP contribution in [0.15, 0.2) is 97.1 Å². The van der Waals surface area contributed by atoms with Crippen molar-refractivity contribution in [2.45, 2.75) is 58.0 Å². The number of fused-ring (bicyclic) bond motifs is 9. The molecule has 0 saturated heterocycles. The number of hydrogen-bond acceptors (Lipinski definition) is 1. The monoisotopic (exact) mass is 622 g/mol. The predicted molar refractivity (Wildman–Crippen MR) is 190 cm³/mol. The summed E-state index contributed by atoms with van der Waals surface area (Å²) in [7, 11) is 0. The number of hydrogen-bond donors (Lipinski definition) is 0. The molecule has 0 bridgehead atoms. The van der Waals surface area contributed by atoms with Gasteiger partial charge in [-0.1, -0.05) is 77.9 Å². The molecule has 1 atom stereocenters. The van der Waals surface area contributed by atoms with Crippen molar-refractivity contribution in [3.63, 3.8) is 0 Å². The van der Waals surface area contributed by atoms with Gasteiger partial charge in [-0.3, -0.25) is 0 Å². The Bertz CT molecular complexity index is 2890. The first-order valence-electron chi connectivity index (χ1n) is 17.1. The summed E-state index contributed by atoms with van der Waals surface area (Å²) in [5.41, 5.74) is 14.2. The van der Waals surface area contributed by atoms with Gasteiger partial charge in [0.2, 0.25) is 5.69 Å². The van der Waals surface area contributed by atoms with Gasteiger partial charge in [0.25, 0.3) is 5.69 Å². The third kappa shape index (κ3) is 2.50. The second kappa shape index (κ2) is 7.50. The van der Waals surface area contributed by atoms with Crippen molar-refractivity contribution in [2.75, 3.05) is 0 Å². The Hall–Kier alpha value is -5.42. The third-order valence-electron chi connectivity index (χ3n) is 11.7. The van der Waals surface area contributed by atoms with E-state index in [0.29, 0.717) is 0 Å². The molecule has 4 aliphatic rings. The van der Waals surface area contributed by atoms with Crippen molar-refractivity contribution in [1.29, 1.82) is 0 Å². The first-order valence-corrected chi connectivity index (χ1v) is 17.1. The van der Waals surface area contributed by atoms with E-state index in [-0.39, 0.29) is 10.8 Å². The Labute approximate surface area is 277 Å². The largest absolute Gasteiger partial charge is 0.404 e. The lowest BCUT2D eigenvalue weighted by molar-refractivity contribution is -0.932. The van der Waals surface area contributed by atoms with Gasteiger partial charge in [-0.05, 0) is 70.5 Å². The van der Waals surface area contributed by atoms with Crippen LogP contribution in [0.2, 0.25) is 0 Å². The van der Waals surface area contributed by atoms with E-state index in [4.69, 9.17) is 4.74 Å². The van der Waals surface area contributed by atoms with Gasteiger partial charge < -0.3 is 9.30 Å². The van der Waals surface area contributed by atoms with E-state index >= 15 is 0 Å². The van der Waals surface area contributed by atoms with Gasteiger partial charge in [0, 0.05) is 22.2 Å². The molecule has 230 valence electrons. The maximum Gasteiger partial charge on any atom is 0.378 e. The van der Waals surface area contributed by atoms with Crippen molar-refractivity contribution < 1.29 is 13.9 Å². The van der Waals surface area contributed by atoms with Crippen molar-refractivity contribution in [2.24, 2.45) is 0 Å². The van der Waals surface area contributed by atoms with E-state index < -0.39 is 5.66 Å². The lowest BCUT2D eigenvalue weighted by Gasteiger charge is -2.37. The molecule has 4 aromatic heterocycles. The fourth-order valence-corrected chi connectivity index (χ4v) is 9.80. The fraction of sp³-hybridized carbons (Fsp3) is 0.209. The first-order chi connectivity index (χ1) is 23.1. The summed E-state index contributed by atoms with van der Waals surface area (Å²) in [6.45, 7) is 14.0. The summed E-state index contributed by atoms with van der Waals surface area (Å²) < 4.78 is 17.4. The number of rotatable bonds is 0. The molecule has 0 radical (unpaired) electrons. The molecule has 5 heteroatoms. The molecule has 8 aromatic rings. The predicted octanol–water partition coefficient (Wildman–Crippen LogP) is 9.06. The van der Waals surface area contributed by atoms with Crippen LogP contribution in [0, 0.1) is 0 Å². The highest BCUT2D eigenvalue weighted by atomic mass is 16.5. The van der Waals surface area contributed by atoms with Crippen LogP contribution in [0.5, 0.6) is 11.6 Å². The second-order valence-corrected chi connectivity index (χ2v) is 16.3. The fourth-order valence-electron chi connectivity index (χ4n) is 9.80. The Morgan fingerprint density at radius 1 is 0.604 bits per heavy atom. The smallest absolute Gasteiger partial charge is 0.378 e. The molecule has 5 nitrogen and oxygen atoms in total. The molecule has 0 amide bonds. The number of nitrogens with zero attached hydrogens (tertiary/aromatic N) is 4. The molecule has 0 aliphatic carbocycles. The van der Waals surface area contributed by atoms with E-state index in [2.05, 4.69) is 157 Å². The van der Waals surface area contributed by atoms with Gasteiger partial charge in [-0.2, -0.15) is 4.57 Å². The third-order valence-corrected chi connectivity index (χ3v) is 11.7. The molecule has 0 N–H and O–H groups in total. The van der Waals surface area contributed by atoms with Gasteiger partial charge in [-0.15, -0.1) is 9.13 Å². The van der Waals surface area contributed by atoms with Crippen molar-refractivity contribution in [1.82, 2.24) is 9.13 Å². The molecular weight excluding hydrogens is 589 g/mol. The highest BCUT2D eigenvalue weighted by Crippen LogP contribution is 2.58. The van der Waals surface area contributed by atoms with E-state index in [1.807, 2.05) is 0 Å². The van der Waals surface area contributed by atoms with Crippen LogP contribution in [0.1, 0.15) is 63.8 Å². The van der Waals surface area contributed by atoms with Crippen molar-refractivity contribution >= 4 is 43.7 Å². The molecule has 1 unspecified atom stereocenters. The lowest BCUT2D eigenvalue weighted by Crippen LogP contribution is -2.74. The number of ether oxygens (including phenoxy) is 1. The topological polar surface area (TPSA) is 26.8 Å². The second-order valence-electron chi connectivity index (χ2n) is 16.3. The number of benzene rings is 4. The summed E-state index contributed by atoms with van der Waals surface area (Å²) in [4.78, 5) is 0. The zero-order valence-corrected chi connectivity index (χ0v) is 27.9. The molecule has 4 aromatic carbocycles. The van der Waals surface area contributed by atoms with Crippen LogP contribution >= 0.6 is 0 Å². The van der Waals surface area contributed by atoms with Gasteiger partial charge in [0.1, 0.15) is 16.6 Å². The molecule has 8 heterocycles. The zero-order chi connectivity index (χ0) is 32.2. The highest BCUT2D eigenvalue weighted by molar-refractivity contribution is 6.15. The van der Waals surface area contributed by atoms with E-state index in [1.54, 1.807) is 0 Å². The van der Waals surface area contributed by atoms with Gasteiger partial charge in [-0.25, -0.2) is 0 Å². The quantitative estimate of drug-likeness (QED) is 0.155. The first kappa shape index (κ1) is 25.6. The van der Waals surface area contributed by atoms with Gasteiger partial charge >= 0.3 is 17.2 Å². The Morgan fingerprint density at radius 3 is 2.08 bits per heavy atom. The van der Waals surface area contributed by atoms with Crippen LogP contribution in [-0.4, -0.2) is 9.13 Å². The summed E-state index contributed by atoms with van der Waals surface area (Å²) >= 11 is 0. The highest BCUT2D eigenvalue weighted by Gasteiger charge is 2.71. The minimum atomic E-state index is -0.668. The maximum atomic E-state index is 7.09. The molecule has 0 saturated carbocycles. The minimum absolute atomic E-state index is 0.0612. The zero-order valence-electron chi connectivity index (χ0n) is 27.9. The summed E-state index contributed by atoms with van der Waals surface area (Å²) in [6.07, 6.45) is 0. The Balaban J connectivity index is 1.46. The van der Waals surface area contributed by atoms with Crippen LogP contribution in [-0.2, 0) is 16.5 Å². The Kier molecular flexibility index (Phi) is 4.00. The SMILES string of the molecule is CC(C)(C)c1cc2[n+]3c(c1)-c1cc(C(C)(C)C)c4c5ccccc5n5c4[n+]1C31c3c(cccc3-n3c4ccccc4c4ccc-5c1c43)O2. The lowest BCUT2D eigenvalue weighted by atomic mass is 9.80. The standard InChI is InChI=1S/C43H34N4O/c1-41(2,3)23-20-32-33-22-27(42(4,5)6)36-26-13-8-10-15-29(26)45-31-19-18-25-24-12-7-9-14-28(24)44-30-16-11-17-34-37(30)43(38(31)39(25)44,47(33)40(36)45)46(32)35(21-23)48-34/h7-22H,1-6H3/q+2.